The maximum absolute atomic E-state index is 11.5. The minimum absolute atomic E-state index is 0.113. The van der Waals surface area contributed by atoms with Gasteiger partial charge in [0.2, 0.25) is 5.09 Å². The molecule has 1 aromatic carbocycles. The van der Waals surface area contributed by atoms with Gasteiger partial charge in [-0.25, -0.2) is 13.1 Å². The van der Waals surface area contributed by atoms with Crippen molar-refractivity contribution in [1.29, 1.82) is 0 Å². The third-order valence-electron chi connectivity index (χ3n) is 2.50. The van der Waals surface area contributed by atoms with Crippen molar-refractivity contribution < 1.29 is 17.9 Å². The number of anilines is 1. The molecule has 0 spiro atoms. The third-order valence-corrected chi connectivity index (χ3v) is 3.79. The molecular formula is C12H14N2O4S. The number of hydrogen-bond acceptors (Lipinski definition) is 5. The molecule has 102 valence electrons. The Morgan fingerprint density at radius 3 is 2.47 bits per heavy atom. The smallest absolute Gasteiger partial charge is 0.273 e. The van der Waals surface area contributed by atoms with Crippen LogP contribution in [0.4, 0.5) is 5.69 Å². The van der Waals surface area contributed by atoms with E-state index in [2.05, 4.69) is 10.0 Å². The molecule has 0 fully saturated rings. The number of phenols is 1. The highest BCUT2D eigenvalue weighted by Gasteiger charge is 2.15. The number of benzene rings is 1. The SMILES string of the molecule is CNS(=O)(=O)c1ccc(CNc2ccc(O)cc2)o1. The highest BCUT2D eigenvalue weighted by molar-refractivity contribution is 7.89. The van der Waals surface area contributed by atoms with Gasteiger partial charge < -0.3 is 14.8 Å². The van der Waals surface area contributed by atoms with Gasteiger partial charge in [0.15, 0.2) is 0 Å². The first kappa shape index (κ1) is 13.4. The second-order valence-electron chi connectivity index (χ2n) is 3.83. The lowest BCUT2D eigenvalue weighted by atomic mass is 10.3. The molecular weight excluding hydrogens is 268 g/mol. The molecule has 1 heterocycles. The number of sulfonamides is 1. The summed E-state index contributed by atoms with van der Waals surface area (Å²) < 4.78 is 30.3. The molecule has 0 aliphatic rings. The highest BCUT2D eigenvalue weighted by atomic mass is 32.2. The van der Waals surface area contributed by atoms with Crippen LogP contribution in [0.25, 0.3) is 0 Å². The van der Waals surface area contributed by atoms with E-state index in [0.29, 0.717) is 12.3 Å². The van der Waals surface area contributed by atoms with Gasteiger partial charge >= 0.3 is 0 Å². The van der Waals surface area contributed by atoms with E-state index in [9.17, 15) is 8.42 Å². The van der Waals surface area contributed by atoms with Gasteiger partial charge in [0.25, 0.3) is 10.0 Å². The van der Waals surface area contributed by atoms with Crippen LogP contribution in [0.2, 0.25) is 0 Å². The Kier molecular flexibility index (Phi) is 3.77. The summed E-state index contributed by atoms with van der Waals surface area (Å²) in [5.41, 5.74) is 0.798. The third kappa shape index (κ3) is 3.27. The zero-order chi connectivity index (χ0) is 13.9. The van der Waals surface area contributed by atoms with Crippen LogP contribution in [0.1, 0.15) is 5.76 Å². The lowest BCUT2D eigenvalue weighted by Crippen LogP contribution is -2.17. The van der Waals surface area contributed by atoms with Crippen molar-refractivity contribution in [3.05, 3.63) is 42.2 Å². The van der Waals surface area contributed by atoms with Crippen LogP contribution in [0.3, 0.4) is 0 Å². The van der Waals surface area contributed by atoms with Crippen molar-refractivity contribution in [3.63, 3.8) is 0 Å². The Hall–Kier alpha value is -1.99. The van der Waals surface area contributed by atoms with E-state index in [4.69, 9.17) is 9.52 Å². The van der Waals surface area contributed by atoms with E-state index >= 15 is 0 Å². The first-order valence-electron chi connectivity index (χ1n) is 5.56. The average molecular weight is 282 g/mol. The van der Waals surface area contributed by atoms with Crippen LogP contribution >= 0.6 is 0 Å². The quantitative estimate of drug-likeness (QED) is 0.723. The summed E-state index contributed by atoms with van der Waals surface area (Å²) in [6, 6.07) is 9.53. The fraction of sp³-hybridized carbons (Fsp3) is 0.167. The van der Waals surface area contributed by atoms with E-state index < -0.39 is 10.0 Å². The molecule has 0 bridgehead atoms. The summed E-state index contributed by atoms with van der Waals surface area (Å²) in [4.78, 5) is 0. The van der Waals surface area contributed by atoms with E-state index in [1.54, 1.807) is 30.3 Å². The molecule has 7 heteroatoms. The molecule has 0 aliphatic heterocycles. The molecule has 6 nitrogen and oxygen atoms in total. The fourth-order valence-electron chi connectivity index (χ4n) is 1.47. The lowest BCUT2D eigenvalue weighted by molar-refractivity contribution is 0.417. The molecule has 1 aromatic heterocycles. The average Bonchev–Trinajstić information content (AvgIpc) is 2.88. The van der Waals surface area contributed by atoms with Crippen LogP contribution < -0.4 is 10.0 Å². The number of hydrogen-bond donors (Lipinski definition) is 3. The van der Waals surface area contributed by atoms with E-state index in [-0.39, 0.29) is 10.8 Å². The summed E-state index contributed by atoms with van der Waals surface area (Å²) in [5.74, 6) is 0.688. The van der Waals surface area contributed by atoms with Gasteiger partial charge in [0, 0.05) is 5.69 Å². The predicted molar refractivity (Wildman–Crippen MR) is 70.4 cm³/mol. The number of aromatic hydroxyl groups is 1. The van der Waals surface area contributed by atoms with E-state index in [0.717, 1.165) is 5.69 Å². The fourth-order valence-corrected chi connectivity index (χ4v) is 2.13. The standard InChI is InChI=1S/C12H14N2O4S/c1-13-19(16,17)12-7-6-11(18-12)8-14-9-2-4-10(15)5-3-9/h2-7,13-15H,8H2,1H3. The van der Waals surface area contributed by atoms with Crippen LogP contribution in [0.15, 0.2) is 45.9 Å². The summed E-state index contributed by atoms with van der Waals surface area (Å²) in [5, 5.41) is 12.1. The second kappa shape index (κ2) is 5.33. The van der Waals surface area contributed by atoms with Gasteiger partial charge in [-0.1, -0.05) is 0 Å². The molecule has 19 heavy (non-hydrogen) atoms. The summed E-state index contributed by atoms with van der Waals surface area (Å²) in [6.45, 7) is 0.351. The van der Waals surface area contributed by atoms with Crippen molar-refractivity contribution in [2.75, 3.05) is 12.4 Å². The largest absolute Gasteiger partial charge is 0.508 e. The summed E-state index contributed by atoms with van der Waals surface area (Å²) >= 11 is 0. The summed E-state index contributed by atoms with van der Waals surface area (Å²) in [6.07, 6.45) is 0. The number of furan rings is 1. The van der Waals surface area contributed by atoms with Crippen LogP contribution in [-0.2, 0) is 16.6 Å². The second-order valence-corrected chi connectivity index (χ2v) is 5.65. The molecule has 0 saturated heterocycles. The number of rotatable bonds is 5. The first-order chi connectivity index (χ1) is 9.01. The molecule has 0 radical (unpaired) electrons. The Morgan fingerprint density at radius 2 is 1.84 bits per heavy atom. The molecule has 0 atom stereocenters. The molecule has 2 rings (SSSR count). The van der Waals surface area contributed by atoms with Gasteiger partial charge in [-0.15, -0.1) is 0 Å². The van der Waals surface area contributed by atoms with Crippen molar-refractivity contribution >= 4 is 15.7 Å². The van der Waals surface area contributed by atoms with Crippen molar-refractivity contribution in [1.82, 2.24) is 4.72 Å². The monoisotopic (exact) mass is 282 g/mol. The maximum Gasteiger partial charge on any atom is 0.273 e. The van der Waals surface area contributed by atoms with Crippen LogP contribution in [0.5, 0.6) is 5.75 Å². The zero-order valence-electron chi connectivity index (χ0n) is 10.3. The zero-order valence-corrected chi connectivity index (χ0v) is 11.1. The molecule has 0 amide bonds. The molecule has 0 unspecified atom stereocenters. The molecule has 0 saturated carbocycles. The predicted octanol–water partition coefficient (Wildman–Crippen LogP) is 1.51. The Morgan fingerprint density at radius 1 is 1.16 bits per heavy atom. The minimum Gasteiger partial charge on any atom is -0.508 e. The first-order valence-corrected chi connectivity index (χ1v) is 7.05. The lowest BCUT2D eigenvalue weighted by Gasteiger charge is -2.04. The highest BCUT2D eigenvalue weighted by Crippen LogP contribution is 2.17. The Bertz CT molecular complexity index is 647. The van der Waals surface area contributed by atoms with Crippen molar-refractivity contribution in [2.45, 2.75) is 11.6 Å². The number of phenolic OH excluding ortho intramolecular Hbond substituents is 1. The topological polar surface area (TPSA) is 91.6 Å². The minimum atomic E-state index is -3.54. The maximum atomic E-state index is 11.5. The Labute approximate surface area is 111 Å². The van der Waals surface area contributed by atoms with E-state index in [1.165, 1.54) is 13.1 Å². The van der Waals surface area contributed by atoms with Gasteiger partial charge in [-0.05, 0) is 43.4 Å². The van der Waals surface area contributed by atoms with Gasteiger partial charge in [0.05, 0.1) is 6.54 Å². The Balaban J connectivity index is 2.03. The number of nitrogens with one attached hydrogen (secondary N) is 2. The van der Waals surface area contributed by atoms with E-state index in [1.807, 2.05) is 0 Å². The molecule has 3 N–H and O–H groups in total. The van der Waals surface area contributed by atoms with Crippen molar-refractivity contribution in [3.8, 4) is 5.75 Å². The normalized spacial score (nSPS) is 11.4. The van der Waals surface area contributed by atoms with Crippen molar-refractivity contribution in [2.24, 2.45) is 0 Å². The van der Waals surface area contributed by atoms with Crippen LogP contribution in [-0.4, -0.2) is 20.6 Å². The summed E-state index contributed by atoms with van der Waals surface area (Å²) in [7, 11) is -2.22. The van der Waals surface area contributed by atoms with Gasteiger partial charge in [0.1, 0.15) is 11.5 Å². The van der Waals surface area contributed by atoms with Gasteiger partial charge in [-0.2, -0.15) is 0 Å². The molecule has 2 aromatic rings. The van der Waals surface area contributed by atoms with Crippen LogP contribution in [0, 0.1) is 0 Å². The molecule has 0 aliphatic carbocycles. The van der Waals surface area contributed by atoms with Gasteiger partial charge in [-0.3, -0.25) is 0 Å².